The molecule has 23 heavy (non-hydrogen) atoms. The van der Waals surface area contributed by atoms with Gasteiger partial charge in [-0.1, -0.05) is 42.5 Å². The molecule has 4 rings (SSSR count). The van der Waals surface area contributed by atoms with Gasteiger partial charge in [-0.15, -0.1) is 0 Å². The molecule has 2 bridgehead atoms. The van der Waals surface area contributed by atoms with E-state index in [2.05, 4.69) is 0 Å². The van der Waals surface area contributed by atoms with Crippen molar-refractivity contribution in [2.75, 3.05) is 13.2 Å². The third-order valence-corrected chi connectivity index (χ3v) is 3.52. The second-order valence-electron chi connectivity index (χ2n) is 5.17. The summed E-state index contributed by atoms with van der Waals surface area (Å²) < 4.78 is 10.4. The molecule has 0 aromatic heterocycles. The topological polar surface area (TPSA) is 52.6 Å². The smallest absolute Gasteiger partial charge is 0.338 e. The predicted octanol–water partition coefficient (Wildman–Crippen LogP) is 3.57. The number of esters is 2. The van der Waals surface area contributed by atoms with Crippen LogP contribution in [-0.4, -0.2) is 25.2 Å². The number of benzene rings is 2. The van der Waals surface area contributed by atoms with E-state index in [1.165, 1.54) is 0 Å². The molecular formula is C19H16O4. The molecule has 2 aromatic carbocycles. The molecule has 116 valence electrons. The van der Waals surface area contributed by atoms with Crippen molar-refractivity contribution >= 4 is 24.1 Å². The molecule has 0 radical (unpaired) electrons. The molecule has 2 aromatic rings. The first-order valence-corrected chi connectivity index (χ1v) is 7.45. The van der Waals surface area contributed by atoms with Crippen molar-refractivity contribution in [3.63, 3.8) is 0 Å². The molecule has 0 saturated carbocycles. The van der Waals surface area contributed by atoms with Gasteiger partial charge >= 0.3 is 11.9 Å². The van der Waals surface area contributed by atoms with E-state index in [1.807, 2.05) is 36.4 Å². The minimum Gasteiger partial charge on any atom is -0.462 e. The molecule has 0 unspecified atom stereocenters. The van der Waals surface area contributed by atoms with Crippen LogP contribution in [-0.2, 0) is 9.47 Å². The molecular weight excluding hydrogens is 292 g/mol. The lowest BCUT2D eigenvalue weighted by atomic mass is 10.0. The Morgan fingerprint density at radius 3 is 2.35 bits per heavy atom. The minimum atomic E-state index is -0.390. The SMILES string of the molecule is O=C1OCCCOC(=O)c2ccc1cc2C=Cc1ccccc1. The Hall–Kier alpha value is -2.88. The zero-order valence-corrected chi connectivity index (χ0v) is 12.5. The summed E-state index contributed by atoms with van der Waals surface area (Å²) in [6, 6.07) is 14.6. The summed E-state index contributed by atoms with van der Waals surface area (Å²) in [4.78, 5) is 24.2. The fourth-order valence-electron chi connectivity index (χ4n) is 2.31. The lowest BCUT2D eigenvalue weighted by Crippen LogP contribution is -2.08. The van der Waals surface area contributed by atoms with Crippen LogP contribution in [0.25, 0.3) is 12.2 Å². The summed E-state index contributed by atoms with van der Waals surface area (Å²) in [5.41, 5.74) is 2.51. The maximum absolute atomic E-state index is 12.2. The van der Waals surface area contributed by atoms with Crippen LogP contribution < -0.4 is 0 Å². The van der Waals surface area contributed by atoms with Gasteiger partial charge in [0.2, 0.25) is 0 Å². The molecule has 0 fully saturated rings. The highest BCUT2D eigenvalue weighted by Crippen LogP contribution is 2.19. The monoisotopic (exact) mass is 308 g/mol. The van der Waals surface area contributed by atoms with E-state index in [4.69, 9.17) is 9.47 Å². The Balaban J connectivity index is 2.00. The second kappa shape index (κ2) is 6.92. The number of ether oxygens (including phenoxy) is 2. The van der Waals surface area contributed by atoms with Gasteiger partial charge in [-0.25, -0.2) is 9.59 Å². The van der Waals surface area contributed by atoms with E-state index in [0.717, 1.165) is 5.56 Å². The maximum Gasteiger partial charge on any atom is 0.338 e. The quantitative estimate of drug-likeness (QED) is 0.628. The van der Waals surface area contributed by atoms with Crippen molar-refractivity contribution in [1.82, 2.24) is 0 Å². The van der Waals surface area contributed by atoms with Gasteiger partial charge in [0.15, 0.2) is 0 Å². The second-order valence-corrected chi connectivity index (χ2v) is 5.17. The molecule has 2 aliphatic heterocycles. The van der Waals surface area contributed by atoms with Crippen molar-refractivity contribution in [2.45, 2.75) is 6.42 Å². The van der Waals surface area contributed by atoms with Crippen LogP contribution in [0.4, 0.5) is 0 Å². The highest BCUT2D eigenvalue weighted by Gasteiger charge is 2.17. The van der Waals surface area contributed by atoms with Crippen LogP contribution in [0, 0.1) is 0 Å². The van der Waals surface area contributed by atoms with Crippen LogP contribution in [0.3, 0.4) is 0 Å². The zero-order valence-electron chi connectivity index (χ0n) is 12.5. The average Bonchev–Trinajstić information content (AvgIpc) is 2.63. The number of carbonyl (C=O) groups is 2. The Kier molecular flexibility index (Phi) is 4.52. The molecule has 4 heteroatoms. The highest BCUT2D eigenvalue weighted by atomic mass is 16.5. The van der Waals surface area contributed by atoms with Crippen LogP contribution in [0.15, 0.2) is 48.5 Å². The molecule has 0 amide bonds. The zero-order chi connectivity index (χ0) is 16.1. The summed E-state index contributed by atoms with van der Waals surface area (Å²) in [6.07, 6.45) is 4.19. The van der Waals surface area contributed by atoms with E-state index >= 15 is 0 Å². The standard InChI is InChI=1S/C19H16O4/c20-18-16-9-10-17(19(21)23-12-4-11-22-18)15(13-16)8-7-14-5-2-1-3-6-14/h1-3,5-10,13H,4,11-12H2. The van der Waals surface area contributed by atoms with E-state index in [0.29, 0.717) is 23.1 Å². The minimum absolute atomic E-state index is 0.231. The molecule has 0 atom stereocenters. The predicted molar refractivity (Wildman–Crippen MR) is 87.0 cm³/mol. The van der Waals surface area contributed by atoms with Crippen molar-refractivity contribution in [2.24, 2.45) is 0 Å². The third-order valence-electron chi connectivity index (χ3n) is 3.52. The molecule has 0 spiro atoms. The lowest BCUT2D eigenvalue weighted by Gasteiger charge is -2.07. The van der Waals surface area contributed by atoms with Gasteiger partial charge in [0, 0.05) is 6.42 Å². The van der Waals surface area contributed by atoms with Crippen molar-refractivity contribution in [1.29, 1.82) is 0 Å². The van der Waals surface area contributed by atoms with Gasteiger partial charge in [-0.3, -0.25) is 0 Å². The van der Waals surface area contributed by atoms with Gasteiger partial charge in [0.25, 0.3) is 0 Å². The summed E-state index contributed by atoms with van der Waals surface area (Å²) in [7, 11) is 0. The average molecular weight is 308 g/mol. The fourth-order valence-corrected chi connectivity index (χ4v) is 2.31. The number of fused-ring (bicyclic) bond motifs is 8. The molecule has 0 N–H and O–H groups in total. The van der Waals surface area contributed by atoms with E-state index in [9.17, 15) is 9.59 Å². The number of rotatable bonds is 2. The first-order valence-electron chi connectivity index (χ1n) is 7.45. The normalized spacial score (nSPS) is 15.1. The van der Waals surface area contributed by atoms with E-state index < -0.39 is 5.97 Å². The number of carbonyl (C=O) groups excluding carboxylic acids is 2. The Bertz CT molecular complexity index is 747. The highest BCUT2D eigenvalue weighted by molar-refractivity contribution is 5.98. The van der Waals surface area contributed by atoms with E-state index in [1.54, 1.807) is 24.3 Å². The lowest BCUT2D eigenvalue weighted by molar-refractivity contribution is 0.0401. The summed E-state index contributed by atoms with van der Waals surface area (Å²) >= 11 is 0. The Labute approximate surface area is 134 Å². The molecule has 0 aliphatic carbocycles. The van der Waals surface area contributed by atoms with Crippen molar-refractivity contribution < 1.29 is 19.1 Å². The third kappa shape index (κ3) is 3.66. The molecule has 0 saturated heterocycles. The number of hydrogen-bond acceptors (Lipinski definition) is 4. The van der Waals surface area contributed by atoms with Gasteiger partial charge in [-0.05, 0) is 29.3 Å². The fraction of sp³-hybridized carbons (Fsp3) is 0.158. The van der Waals surface area contributed by atoms with Crippen LogP contribution in [0.5, 0.6) is 0 Å². The van der Waals surface area contributed by atoms with Gasteiger partial charge < -0.3 is 9.47 Å². The number of hydrogen-bond donors (Lipinski definition) is 0. The maximum atomic E-state index is 12.2. The van der Waals surface area contributed by atoms with Crippen LogP contribution >= 0.6 is 0 Å². The molecule has 2 aliphatic rings. The van der Waals surface area contributed by atoms with E-state index in [-0.39, 0.29) is 19.2 Å². The van der Waals surface area contributed by atoms with Crippen molar-refractivity contribution in [3.8, 4) is 0 Å². The van der Waals surface area contributed by atoms with Crippen LogP contribution in [0.2, 0.25) is 0 Å². The summed E-state index contributed by atoms with van der Waals surface area (Å²) in [5, 5.41) is 0. The Morgan fingerprint density at radius 2 is 1.57 bits per heavy atom. The summed E-state index contributed by atoms with van der Waals surface area (Å²) in [5.74, 6) is -0.779. The van der Waals surface area contributed by atoms with Gasteiger partial charge in [0.05, 0.1) is 24.3 Å². The van der Waals surface area contributed by atoms with Crippen LogP contribution in [0.1, 0.15) is 38.3 Å². The molecule has 2 heterocycles. The molecule has 4 nitrogen and oxygen atoms in total. The first-order chi connectivity index (χ1) is 11.2. The first kappa shape index (κ1) is 15.0. The largest absolute Gasteiger partial charge is 0.462 e. The van der Waals surface area contributed by atoms with Gasteiger partial charge in [-0.2, -0.15) is 0 Å². The summed E-state index contributed by atoms with van der Waals surface area (Å²) in [6.45, 7) is 0.469. The Morgan fingerprint density at radius 1 is 0.826 bits per heavy atom. The van der Waals surface area contributed by atoms with Crippen molar-refractivity contribution in [3.05, 3.63) is 70.8 Å². The van der Waals surface area contributed by atoms with Gasteiger partial charge in [0.1, 0.15) is 0 Å².